The summed E-state index contributed by atoms with van der Waals surface area (Å²) in [5.41, 5.74) is 0. The van der Waals surface area contributed by atoms with Gasteiger partial charge in [-0.1, -0.05) is 32.0 Å². The summed E-state index contributed by atoms with van der Waals surface area (Å²) in [4.78, 5) is 2.97. The molecule has 4 rings (SSSR count). The molecule has 3 heterocycles. The zero-order chi connectivity index (χ0) is 19.7. The van der Waals surface area contributed by atoms with Gasteiger partial charge in [0.05, 0.1) is 17.1 Å². The van der Waals surface area contributed by atoms with E-state index in [0.717, 1.165) is 51.6 Å². The SMILES string of the molecule is CC(C)CN1CCC(OC2C[C@H]3CC[C@@H](C2)N3S(=O)(=O)c2ccccc2)CC1. The topological polar surface area (TPSA) is 49.9 Å². The van der Waals surface area contributed by atoms with Crippen LogP contribution in [-0.2, 0) is 14.8 Å². The molecule has 0 aromatic heterocycles. The summed E-state index contributed by atoms with van der Waals surface area (Å²) in [7, 11) is -3.40. The smallest absolute Gasteiger partial charge is 0.243 e. The first-order valence-electron chi connectivity index (χ1n) is 10.9. The summed E-state index contributed by atoms with van der Waals surface area (Å²) in [5.74, 6) is 0.712. The van der Waals surface area contributed by atoms with E-state index >= 15 is 0 Å². The lowest BCUT2D eigenvalue weighted by Gasteiger charge is -2.40. The fraction of sp³-hybridized carbons (Fsp3) is 0.727. The molecule has 156 valence electrons. The Labute approximate surface area is 170 Å². The summed E-state index contributed by atoms with van der Waals surface area (Å²) in [6.45, 7) is 7.96. The highest BCUT2D eigenvalue weighted by molar-refractivity contribution is 7.89. The molecule has 2 bridgehead atoms. The Balaban J connectivity index is 1.35. The zero-order valence-corrected chi connectivity index (χ0v) is 18.0. The van der Waals surface area contributed by atoms with Gasteiger partial charge in [0, 0.05) is 31.7 Å². The molecule has 0 aliphatic carbocycles. The Hall–Kier alpha value is -0.950. The van der Waals surface area contributed by atoms with Crippen molar-refractivity contribution >= 4 is 10.0 Å². The number of benzene rings is 1. The van der Waals surface area contributed by atoms with Crippen molar-refractivity contribution in [2.75, 3.05) is 19.6 Å². The Morgan fingerprint density at radius 1 is 0.964 bits per heavy atom. The van der Waals surface area contributed by atoms with Crippen LogP contribution in [0.2, 0.25) is 0 Å². The standard InChI is InChI=1S/C22H34N2O3S/c1-17(2)16-23-12-10-20(11-13-23)27-21-14-18-8-9-19(15-21)24(18)28(25,26)22-6-4-3-5-7-22/h3-7,17-21H,8-16H2,1-2H3/t18-,19+,21?. The molecular weight excluding hydrogens is 372 g/mol. The van der Waals surface area contributed by atoms with Crippen LogP contribution in [0.25, 0.3) is 0 Å². The lowest BCUT2D eigenvalue weighted by molar-refractivity contribution is -0.0696. The number of sulfonamides is 1. The molecule has 6 heteroatoms. The third kappa shape index (κ3) is 4.30. The molecule has 3 atom stereocenters. The molecule has 1 aromatic rings. The summed E-state index contributed by atoms with van der Waals surface area (Å²) in [6.07, 6.45) is 6.36. The summed E-state index contributed by atoms with van der Waals surface area (Å²) >= 11 is 0. The summed E-state index contributed by atoms with van der Waals surface area (Å²) < 4.78 is 34.6. The summed E-state index contributed by atoms with van der Waals surface area (Å²) in [6, 6.07) is 9.07. The first-order chi connectivity index (χ1) is 13.4. The third-order valence-corrected chi connectivity index (χ3v) is 8.50. The van der Waals surface area contributed by atoms with E-state index in [0.29, 0.717) is 16.9 Å². The highest BCUT2D eigenvalue weighted by Gasteiger charge is 2.47. The van der Waals surface area contributed by atoms with Crippen molar-refractivity contribution in [2.45, 2.75) is 81.6 Å². The second-order valence-corrected chi connectivity index (χ2v) is 11.0. The number of hydrogen-bond acceptors (Lipinski definition) is 4. The maximum Gasteiger partial charge on any atom is 0.243 e. The maximum absolute atomic E-state index is 13.1. The lowest BCUT2D eigenvalue weighted by atomic mass is 10.0. The van der Waals surface area contributed by atoms with Crippen molar-refractivity contribution in [3.8, 4) is 0 Å². The molecule has 0 radical (unpaired) electrons. The highest BCUT2D eigenvalue weighted by atomic mass is 32.2. The van der Waals surface area contributed by atoms with Crippen molar-refractivity contribution in [1.29, 1.82) is 0 Å². The van der Waals surface area contributed by atoms with Crippen LogP contribution in [0, 0.1) is 5.92 Å². The van der Waals surface area contributed by atoms with E-state index in [1.165, 1.54) is 6.54 Å². The van der Waals surface area contributed by atoms with E-state index in [9.17, 15) is 8.42 Å². The van der Waals surface area contributed by atoms with Crippen LogP contribution in [0.15, 0.2) is 35.2 Å². The minimum absolute atomic E-state index is 0.0926. The minimum atomic E-state index is -3.40. The van der Waals surface area contributed by atoms with Gasteiger partial charge in [0.2, 0.25) is 10.0 Å². The Bertz CT molecular complexity index is 730. The maximum atomic E-state index is 13.1. The third-order valence-electron chi connectivity index (χ3n) is 6.48. The van der Waals surface area contributed by atoms with Crippen molar-refractivity contribution in [2.24, 2.45) is 5.92 Å². The van der Waals surface area contributed by atoms with E-state index in [2.05, 4.69) is 18.7 Å². The predicted octanol–water partition coefficient (Wildman–Crippen LogP) is 3.51. The van der Waals surface area contributed by atoms with E-state index in [1.807, 2.05) is 6.07 Å². The minimum Gasteiger partial charge on any atom is -0.375 e. The molecule has 28 heavy (non-hydrogen) atoms. The van der Waals surface area contributed by atoms with Gasteiger partial charge < -0.3 is 9.64 Å². The molecule has 0 spiro atoms. The second kappa shape index (κ2) is 8.42. The van der Waals surface area contributed by atoms with Crippen LogP contribution in [0.1, 0.15) is 52.4 Å². The number of piperidine rings is 2. The van der Waals surface area contributed by atoms with Crippen LogP contribution in [0.3, 0.4) is 0 Å². The predicted molar refractivity (Wildman–Crippen MR) is 111 cm³/mol. The fourth-order valence-electron chi connectivity index (χ4n) is 5.32. The molecule has 0 amide bonds. The van der Waals surface area contributed by atoms with Gasteiger partial charge in [0.15, 0.2) is 0 Å². The average molecular weight is 407 g/mol. The van der Waals surface area contributed by atoms with Crippen molar-refractivity contribution < 1.29 is 13.2 Å². The van der Waals surface area contributed by atoms with Gasteiger partial charge >= 0.3 is 0 Å². The van der Waals surface area contributed by atoms with Crippen LogP contribution in [0.5, 0.6) is 0 Å². The molecule has 3 fully saturated rings. The number of hydrogen-bond donors (Lipinski definition) is 0. The first-order valence-corrected chi connectivity index (χ1v) is 12.3. The van der Waals surface area contributed by atoms with Gasteiger partial charge in [-0.05, 0) is 56.6 Å². The van der Waals surface area contributed by atoms with Gasteiger partial charge in [-0.3, -0.25) is 0 Å². The second-order valence-electron chi connectivity index (χ2n) is 9.16. The van der Waals surface area contributed by atoms with Crippen molar-refractivity contribution in [1.82, 2.24) is 9.21 Å². The largest absolute Gasteiger partial charge is 0.375 e. The average Bonchev–Trinajstić information content (AvgIpc) is 2.96. The van der Waals surface area contributed by atoms with E-state index < -0.39 is 10.0 Å². The molecular formula is C22H34N2O3S. The first kappa shape index (κ1) is 20.3. The van der Waals surface area contributed by atoms with Gasteiger partial charge in [-0.2, -0.15) is 4.31 Å². The van der Waals surface area contributed by atoms with Crippen LogP contribution in [-0.4, -0.2) is 61.5 Å². The number of nitrogens with zero attached hydrogens (tertiary/aromatic N) is 2. The monoisotopic (exact) mass is 406 g/mol. The van der Waals surface area contributed by atoms with E-state index in [1.54, 1.807) is 28.6 Å². The molecule has 0 saturated carbocycles. The molecule has 5 nitrogen and oxygen atoms in total. The van der Waals surface area contributed by atoms with E-state index in [4.69, 9.17) is 4.74 Å². The van der Waals surface area contributed by atoms with E-state index in [-0.39, 0.29) is 18.2 Å². The highest BCUT2D eigenvalue weighted by Crippen LogP contribution is 2.41. The molecule has 1 unspecified atom stereocenters. The Kier molecular flexibility index (Phi) is 6.12. The van der Waals surface area contributed by atoms with Crippen LogP contribution >= 0.6 is 0 Å². The van der Waals surface area contributed by atoms with Gasteiger partial charge in [-0.15, -0.1) is 0 Å². The van der Waals surface area contributed by atoms with Crippen LogP contribution in [0.4, 0.5) is 0 Å². The number of likely N-dealkylation sites (tertiary alicyclic amines) is 1. The van der Waals surface area contributed by atoms with Crippen LogP contribution < -0.4 is 0 Å². The van der Waals surface area contributed by atoms with Gasteiger partial charge in [0.25, 0.3) is 0 Å². The summed E-state index contributed by atoms with van der Waals surface area (Å²) in [5, 5.41) is 0. The Morgan fingerprint density at radius 2 is 1.57 bits per heavy atom. The van der Waals surface area contributed by atoms with Crippen molar-refractivity contribution in [3.05, 3.63) is 30.3 Å². The number of fused-ring (bicyclic) bond motifs is 2. The quantitative estimate of drug-likeness (QED) is 0.725. The lowest BCUT2D eigenvalue weighted by Crippen LogP contribution is -2.49. The van der Waals surface area contributed by atoms with Gasteiger partial charge in [0.1, 0.15) is 0 Å². The molecule has 3 saturated heterocycles. The number of rotatable bonds is 6. The molecule has 3 aliphatic heterocycles. The van der Waals surface area contributed by atoms with Gasteiger partial charge in [-0.25, -0.2) is 8.42 Å². The molecule has 0 N–H and O–H groups in total. The fourth-order valence-corrected chi connectivity index (χ4v) is 7.23. The molecule has 1 aromatic carbocycles. The Morgan fingerprint density at radius 3 is 2.14 bits per heavy atom. The normalized spacial score (nSPS) is 30.2. The zero-order valence-electron chi connectivity index (χ0n) is 17.2. The molecule has 3 aliphatic rings. The van der Waals surface area contributed by atoms with Crippen molar-refractivity contribution in [3.63, 3.8) is 0 Å². The number of ether oxygens (including phenoxy) is 1.